The maximum absolute atomic E-state index is 13.2. The molecule has 1 aromatic carbocycles. The highest BCUT2D eigenvalue weighted by Gasteiger charge is 2.18. The zero-order valence-corrected chi connectivity index (χ0v) is 12.3. The Hall–Kier alpha value is -1.92. The quantitative estimate of drug-likeness (QED) is 0.903. The molecule has 6 heteroatoms. The van der Waals surface area contributed by atoms with E-state index in [1.807, 2.05) is 0 Å². The Balaban J connectivity index is 1.54. The molecule has 0 radical (unpaired) electrons. The van der Waals surface area contributed by atoms with Gasteiger partial charge in [-0.05, 0) is 24.3 Å². The van der Waals surface area contributed by atoms with Crippen LogP contribution in [-0.2, 0) is 9.53 Å². The van der Waals surface area contributed by atoms with Crippen LogP contribution in [0.4, 0.5) is 4.39 Å². The molecule has 0 aliphatic carbocycles. The molecule has 0 unspecified atom stereocenters. The maximum atomic E-state index is 13.2. The van der Waals surface area contributed by atoms with Gasteiger partial charge in [0.25, 0.3) is 5.91 Å². The van der Waals surface area contributed by atoms with Gasteiger partial charge in [-0.1, -0.05) is 0 Å². The minimum Gasteiger partial charge on any atom is -0.488 e. The average Bonchev–Trinajstić information content (AvgIpc) is 2.55. The van der Waals surface area contributed by atoms with Gasteiger partial charge in [-0.15, -0.1) is 0 Å². The molecule has 2 aliphatic rings. The largest absolute Gasteiger partial charge is 0.488 e. The highest BCUT2D eigenvalue weighted by molar-refractivity contribution is 5.99. The highest BCUT2D eigenvalue weighted by Crippen LogP contribution is 2.26. The van der Waals surface area contributed by atoms with Gasteiger partial charge < -0.3 is 14.8 Å². The first-order chi connectivity index (χ1) is 10.7. The van der Waals surface area contributed by atoms with Crippen LogP contribution in [0.3, 0.4) is 0 Å². The average molecular weight is 306 g/mol. The van der Waals surface area contributed by atoms with E-state index in [4.69, 9.17) is 9.47 Å². The first kappa shape index (κ1) is 15.0. The molecule has 2 heterocycles. The molecule has 1 amide bonds. The lowest BCUT2D eigenvalue weighted by Crippen LogP contribution is -2.41. The molecule has 0 atom stereocenters. The second kappa shape index (κ2) is 6.89. The van der Waals surface area contributed by atoms with Crippen molar-refractivity contribution >= 4 is 12.0 Å². The normalized spacial score (nSPS) is 18.1. The summed E-state index contributed by atoms with van der Waals surface area (Å²) in [5.74, 6) is 0.0991. The SMILES string of the molecule is O=C(NCCN1CCOCC1)C1=Cc2cc(F)ccc2OC1. The fraction of sp³-hybridized carbons (Fsp3) is 0.438. The van der Waals surface area contributed by atoms with Gasteiger partial charge in [0.15, 0.2) is 0 Å². The molecule has 1 aromatic rings. The van der Waals surface area contributed by atoms with E-state index in [0.717, 1.165) is 32.8 Å². The number of nitrogens with zero attached hydrogens (tertiary/aromatic N) is 1. The number of halogens is 1. The number of hydrogen-bond donors (Lipinski definition) is 1. The monoisotopic (exact) mass is 306 g/mol. The van der Waals surface area contributed by atoms with E-state index in [9.17, 15) is 9.18 Å². The number of fused-ring (bicyclic) bond motifs is 1. The summed E-state index contributed by atoms with van der Waals surface area (Å²) in [7, 11) is 0. The predicted octanol–water partition coefficient (Wildman–Crippen LogP) is 1.05. The van der Waals surface area contributed by atoms with Crippen molar-refractivity contribution in [3.63, 3.8) is 0 Å². The number of nitrogens with one attached hydrogen (secondary N) is 1. The molecule has 1 N–H and O–H groups in total. The summed E-state index contributed by atoms with van der Waals surface area (Å²) >= 11 is 0. The van der Waals surface area contributed by atoms with Gasteiger partial charge in [-0.25, -0.2) is 4.39 Å². The lowest BCUT2D eigenvalue weighted by Gasteiger charge is -2.26. The Morgan fingerprint density at radius 3 is 2.95 bits per heavy atom. The van der Waals surface area contributed by atoms with Crippen molar-refractivity contribution in [2.45, 2.75) is 0 Å². The molecule has 1 fully saturated rings. The molecule has 0 saturated carbocycles. The third-order valence-corrected chi connectivity index (χ3v) is 3.79. The topological polar surface area (TPSA) is 50.8 Å². The number of amides is 1. The first-order valence-electron chi connectivity index (χ1n) is 7.43. The third kappa shape index (κ3) is 3.64. The highest BCUT2D eigenvalue weighted by atomic mass is 19.1. The molecule has 0 bridgehead atoms. The van der Waals surface area contributed by atoms with E-state index in [1.165, 1.54) is 12.1 Å². The van der Waals surface area contributed by atoms with Crippen LogP contribution in [0, 0.1) is 5.82 Å². The van der Waals surface area contributed by atoms with Crippen LogP contribution in [0.25, 0.3) is 6.08 Å². The number of benzene rings is 1. The number of morpholine rings is 1. The van der Waals surface area contributed by atoms with Crippen LogP contribution < -0.4 is 10.1 Å². The molecule has 0 spiro atoms. The summed E-state index contributed by atoms with van der Waals surface area (Å²) in [5.41, 5.74) is 1.12. The minimum atomic E-state index is -0.340. The first-order valence-corrected chi connectivity index (χ1v) is 7.43. The van der Waals surface area contributed by atoms with Crippen molar-refractivity contribution in [2.75, 3.05) is 46.0 Å². The van der Waals surface area contributed by atoms with Gasteiger partial charge in [-0.3, -0.25) is 9.69 Å². The minimum absolute atomic E-state index is 0.164. The van der Waals surface area contributed by atoms with Gasteiger partial charge >= 0.3 is 0 Å². The number of carbonyl (C=O) groups excluding carboxylic acids is 1. The van der Waals surface area contributed by atoms with Crippen LogP contribution in [0.5, 0.6) is 5.75 Å². The van der Waals surface area contributed by atoms with Gasteiger partial charge in [0, 0.05) is 31.7 Å². The maximum Gasteiger partial charge on any atom is 0.250 e. The van der Waals surface area contributed by atoms with Crippen LogP contribution in [0.1, 0.15) is 5.56 Å². The summed E-state index contributed by atoms with van der Waals surface area (Å²) in [4.78, 5) is 14.4. The number of ether oxygens (including phenoxy) is 2. The molecular formula is C16H19FN2O3. The Morgan fingerprint density at radius 1 is 1.32 bits per heavy atom. The summed E-state index contributed by atoms with van der Waals surface area (Å²) in [6.45, 7) is 4.87. The summed E-state index contributed by atoms with van der Waals surface area (Å²) in [6, 6.07) is 4.30. The summed E-state index contributed by atoms with van der Waals surface area (Å²) < 4.78 is 24.0. The molecule has 3 rings (SSSR count). The van der Waals surface area contributed by atoms with Crippen molar-refractivity contribution in [3.05, 3.63) is 35.2 Å². The van der Waals surface area contributed by atoms with E-state index in [2.05, 4.69) is 10.2 Å². The molecule has 2 aliphatic heterocycles. The van der Waals surface area contributed by atoms with Crippen LogP contribution >= 0.6 is 0 Å². The third-order valence-electron chi connectivity index (χ3n) is 3.79. The second-order valence-corrected chi connectivity index (χ2v) is 5.35. The molecule has 22 heavy (non-hydrogen) atoms. The molecule has 0 aromatic heterocycles. The number of rotatable bonds is 4. The van der Waals surface area contributed by atoms with Crippen LogP contribution in [-0.4, -0.2) is 56.8 Å². The lowest BCUT2D eigenvalue weighted by molar-refractivity contribution is -0.117. The van der Waals surface area contributed by atoms with E-state index >= 15 is 0 Å². The Labute approximate surface area is 128 Å². The Morgan fingerprint density at radius 2 is 2.14 bits per heavy atom. The van der Waals surface area contributed by atoms with E-state index in [0.29, 0.717) is 23.4 Å². The van der Waals surface area contributed by atoms with Gasteiger partial charge in [0.2, 0.25) is 0 Å². The molecule has 1 saturated heterocycles. The van der Waals surface area contributed by atoms with Crippen molar-refractivity contribution in [1.29, 1.82) is 0 Å². The molecule has 5 nitrogen and oxygen atoms in total. The smallest absolute Gasteiger partial charge is 0.250 e. The van der Waals surface area contributed by atoms with Crippen molar-refractivity contribution in [3.8, 4) is 5.75 Å². The van der Waals surface area contributed by atoms with Crippen LogP contribution in [0.2, 0.25) is 0 Å². The van der Waals surface area contributed by atoms with Gasteiger partial charge in [-0.2, -0.15) is 0 Å². The van der Waals surface area contributed by atoms with Crippen molar-refractivity contribution < 1.29 is 18.7 Å². The van der Waals surface area contributed by atoms with Crippen LogP contribution in [0.15, 0.2) is 23.8 Å². The second-order valence-electron chi connectivity index (χ2n) is 5.35. The molecule has 118 valence electrons. The zero-order valence-electron chi connectivity index (χ0n) is 12.3. The van der Waals surface area contributed by atoms with Crippen molar-refractivity contribution in [1.82, 2.24) is 10.2 Å². The summed E-state index contributed by atoms with van der Waals surface area (Å²) in [5, 5.41) is 2.88. The number of carbonyl (C=O) groups is 1. The standard InChI is InChI=1S/C16H19FN2O3/c17-14-1-2-15-12(10-14)9-13(11-22-15)16(20)18-3-4-19-5-7-21-8-6-19/h1-2,9-10H,3-8,11H2,(H,18,20). The zero-order chi connectivity index (χ0) is 15.4. The predicted molar refractivity (Wildman–Crippen MR) is 80.1 cm³/mol. The Kier molecular flexibility index (Phi) is 4.70. The summed E-state index contributed by atoms with van der Waals surface area (Å²) in [6.07, 6.45) is 1.69. The van der Waals surface area contributed by atoms with Crippen molar-refractivity contribution in [2.24, 2.45) is 0 Å². The molecular weight excluding hydrogens is 287 g/mol. The Bertz CT molecular complexity index is 583. The van der Waals surface area contributed by atoms with E-state index < -0.39 is 0 Å². The van der Waals surface area contributed by atoms with E-state index in [-0.39, 0.29) is 18.3 Å². The van der Waals surface area contributed by atoms with E-state index in [1.54, 1.807) is 12.1 Å². The van der Waals surface area contributed by atoms with Gasteiger partial charge in [0.1, 0.15) is 18.2 Å². The lowest BCUT2D eigenvalue weighted by atomic mass is 10.1. The fourth-order valence-corrected chi connectivity index (χ4v) is 2.55. The van der Waals surface area contributed by atoms with Gasteiger partial charge in [0.05, 0.1) is 18.8 Å². The number of hydrogen-bond acceptors (Lipinski definition) is 4. The fourth-order valence-electron chi connectivity index (χ4n) is 2.55.